The highest BCUT2D eigenvalue weighted by molar-refractivity contribution is 9.10. The number of carbonyl (C=O) groups is 1. The average molecular weight is 521 g/mol. The molecule has 0 spiro atoms. The Balaban J connectivity index is 1.67. The van der Waals surface area contributed by atoms with Gasteiger partial charge in [0.1, 0.15) is 6.61 Å². The Morgan fingerprint density at radius 1 is 1.12 bits per heavy atom. The van der Waals surface area contributed by atoms with Gasteiger partial charge in [-0.15, -0.1) is 0 Å². The van der Waals surface area contributed by atoms with E-state index in [-0.39, 0.29) is 42.3 Å². The number of halogens is 1. The maximum atomic E-state index is 13.4. The topological polar surface area (TPSA) is 79.2 Å². The van der Waals surface area contributed by atoms with Gasteiger partial charge in [-0.05, 0) is 40.8 Å². The number of hydrogen-bond donors (Lipinski definition) is 0. The largest absolute Gasteiger partial charge is 0.483 e. The van der Waals surface area contributed by atoms with Crippen molar-refractivity contribution >= 4 is 21.8 Å². The Bertz CT molecular complexity index is 1020. The van der Waals surface area contributed by atoms with Crippen LogP contribution in [0.2, 0.25) is 0 Å². The van der Waals surface area contributed by atoms with E-state index in [4.69, 9.17) is 18.9 Å². The molecule has 1 atom stereocenters. The first-order valence-electron chi connectivity index (χ1n) is 11.2. The molecule has 0 bridgehead atoms. The number of fused-ring (bicyclic) bond motifs is 1. The SMILES string of the molecule is COCCN1CCn2c(COC3CCCCO3)c(Br)c(=O)c(OCc3ccccc3)c2C1=O. The number of carbonyl (C=O) groups excluding carboxylic acids is 1. The van der Waals surface area contributed by atoms with Crippen molar-refractivity contribution in [2.45, 2.75) is 45.3 Å². The van der Waals surface area contributed by atoms with E-state index in [1.54, 1.807) is 12.0 Å². The summed E-state index contributed by atoms with van der Waals surface area (Å²) in [6.45, 7) is 2.92. The van der Waals surface area contributed by atoms with E-state index in [2.05, 4.69) is 15.9 Å². The van der Waals surface area contributed by atoms with Crippen LogP contribution >= 0.6 is 15.9 Å². The third-order valence-corrected chi connectivity index (χ3v) is 6.71. The molecule has 2 aliphatic heterocycles. The second kappa shape index (κ2) is 11.3. The van der Waals surface area contributed by atoms with E-state index < -0.39 is 0 Å². The number of aromatic nitrogens is 1. The molecule has 0 aliphatic carbocycles. The van der Waals surface area contributed by atoms with Crippen molar-refractivity contribution < 1.29 is 23.7 Å². The summed E-state index contributed by atoms with van der Waals surface area (Å²) < 4.78 is 25.0. The third-order valence-electron chi connectivity index (χ3n) is 5.89. The summed E-state index contributed by atoms with van der Waals surface area (Å²) in [5.74, 6) is -0.198. The molecule has 8 nitrogen and oxygen atoms in total. The first-order valence-corrected chi connectivity index (χ1v) is 12.0. The summed E-state index contributed by atoms with van der Waals surface area (Å²) in [4.78, 5) is 28.4. The number of benzene rings is 1. The highest BCUT2D eigenvalue weighted by atomic mass is 79.9. The Kier molecular flexibility index (Phi) is 8.19. The fourth-order valence-electron chi connectivity index (χ4n) is 4.08. The molecule has 2 aliphatic rings. The zero-order chi connectivity index (χ0) is 23.2. The van der Waals surface area contributed by atoms with Gasteiger partial charge in [-0.25, -0.2) is 0 Å². The predicted octanol–water partition coefficient (Wildman–Crippen LogP) is 3.34. The Hall–Kier alpha value is -2.20. The standard InChI is InChI=1S/C24H29BrN2O6/c1-30-14-12-26-10-11-27-18(16-32-19-9-5-6-13-31-19)20(25)22(28)23(21(27)24(26)29)33-15-17-7-3-2-4-8-17/h2-4,7-8,19H,5-6,9-16H2,1H3. The Labute approximate surface area is 201 Å². The highest BCUT2D eigenvalue weighted by Gasteiger charge is 2.33. The lowest BCUT2D eigenvalue weighted by Gasteiger charge is -2.33. The smallest absolute Gasteiger partial charge is 0.274 e. The van der Waals surface area contributed by atoms with Gasteiger partial charge in [-0.2, -0.15) is 0 Å². The molecule has 4 rings (SSSR count). The van der Waals surface area contributed by atoms with Crippen LogP contribution in [-0.4, -0.2) is 55.1 Å². The van der Waals surface area contributed by atoms with Gasteiger partial charge in [0.25, 0.3) is 5.91 Å². The molecule has 178 valence electrons. The summed E-state index contributed by atoms with van der Waals surface area (Å²) in [5, 5.41) is 0. The molecule has 0 N–H and O–H groups in total. The van der Waals surface area contributed by atoms with Crippen molar-refractivity contribution in [3.8, 4) is 5.75 Å². The first-order chi connectivity index (χ1) is 16.1. The molecule has 1 aromatic carbocycles. The molecule has 1 saturated heterocycles. The van der Waals surface area contributed by atoms with Crippen molar-refractivity contribution in [1.82, 2.24) is 9.47 Å². The summed E-state index contributed by atoms with van der Waals surface area (Å²) in [6.07, 6.45) is 2.58. The van der Waals surface area contributed by atoms with Crippen LogP contribution in [0.5, 0.6) is 5.75 Å². The Morgan fingerprint density at radius 3 is 2.67 bits per heavy atom. The molecular formula is C24H29BrN2O6. The van der Waals surface area contributed by atoms with E-state index in [1.165, 1.54) is 0 Å². The number of methoxy groups -OCH3 is 1. The van der Waals surface area contributed by atoms with Gasteiger partial charge >= 0.3 is 0 Å². The van der Waals surface area contributed by atoms with Crippen LogP contribution in [0.4, 0.5) is 0 Å². The number of nitrogens with zero attached hydrogens (tertiary/aromatic N) is 2. The van der Waals surface area contributed by atoms with E-state index in [1.807, 2.05) is 34.9 Å². The first kappa shape index (κ1) is 23.9. The van der Waals surface area contributed by atoms with Crippen LogP contribution in [-0.2, 0) is 34.0 Å². The zero-order valence-corrected chi connectivity index (χ0v) is 20.3. The molecule has 1 aromatic heterocycles. The summed E-state index contributed by atoms with van der Waals surface area (Å²) >= 11 is 3.46. The van der Waals surface area contributed by atoms with Gasteiger partial charge in [0.15, 0.2) is 17.7 Å². The summed E-state index contributed by atoms with van der Waals surface area (Å²) in [6, 6.07) is 9.56. The molecule has 0 radical (unpaired) electrons. The van der Waals surface area contributed by atoms with Crippen LogP contribution in [0.15, 0.2) is 39.6 Å². The zero-order valence-electron chi connectivity index (χ0n) is 18.8. The minimum absolute atomic E-state index is 0.0514. The van der Waals surface area contributed by atoms with Gasteiger partial charge in [-0.1, -0.05) is 30.3 Å². The van der Waals surface area contributed by atoms with Gasteiger partial charge in [0.2, 0.25) is 5.43 Å². The lowest BCUT2D eigenvalue weighted by atomic mass is 10.1. The van der Waals surface area contributed by atoms with Crippen molar-refractivity contribution in [2.24, 2.45) is 0 Å². The van der Waals surface area contributed by atoms with Gasteiger partial charge < -0.3 is 28.4 Å². The van der Waals surface area contributed by atoms with E-state index in [0.29, 0.717) is 43.0 Å². The van der Waals surface area contributed by atoms with Crippen LogP contribution in [0, 0.1) is 0 Å². The number of ether oxygens (including phenoxy) is 4. The number of hydrogen-bond acceptors (Lipinski definition) is 6. The van der Waals surface area contributed by atoms with E-state index in [0.717, 1.165) is 24.8 Å². The normalized spacial score (nSPS) is 18.3. The van der Waals surface area contributed by atoms with Crippen molar-refractivity contribution in [3.05, 3.63) is 62.0 Å². The minimum Gasteiger partial charge on any atom is -0.483 e. The van der Waals surface area contributed by atoms with Gasteiger partial charge in [0.05, 0.1) is 23.4 Å². The molecule has 0 saturated carbocycles. The van der Waals surface area contributed by atoms with Crippen LogP contribution < -0.4 is 10.2 Å². The molecule has 1 unspecified atom stereocenters. The second-order valence-electron chi connectivity index (χ2n) is 8.09. The van der Waals surface area contributed by atoms with Crippen molar-refractivity contribution in [1.29, 1.82) is 0 Å². The van der Waals surface area contributed by atoms with E-state index in [9.17, 15) is 9.59 Å². The molecule has 9 heteroatoms. The van der Waals surface area contributed by atoms with Gasteiger partial charge in [0, 0.05) is 33.4 Å². The maximum absolute atomic E-state index is 13.4. The third kappa shape index (κ3) is 5.48. The molecule has 3 heterocycles. The summed E-state index contributed by atoms with van der Waals surface area (Å²) in [5.41, 5.74) is 1.43. The quantitative estimate of drug-likeness (QED) is 0.504. The molecule has 33 heavy (non-hydrogen) atoms. The highest BCUT2D eigenvalue weighted by Crippen LogP contribution is 2.29. The number of rotatable bonds is 9. The molecule has 2 aromatic rings. The minimum atomic E-state index is -0.359. The number of pyridine rings is 1. The lowest BCUT2D eigenvalue weighted by Crippen LogP contribution is -2.44. The predicted molar refractivity (Wildman–Crippen MR) is 125 cm³/mol. The fourth-order valence-corrected chi connectivity index (χ4v) is 4.59. The van der Waals surface area contributed by atoms with Crippen LogP contribution in [0.1, 0.15) is 41.0 Å². The second-order valence-corrected chi connectivity index (χ2v) is 8.88. The maximum Gasteiger partial charge on any atom is 0.274 e. The Morgan fingerprint density at radius 2 is 1.94 bits per heavy atom. The molecular weight excluding hydrogens is 492 g/mol. The number of amides is 1. The molecule has 1 fully saturated rings. The summed E-state index contributed by atoms with van der Waals surface area (Å²) in [7, 11) is 1.60. The van der Waals surface area contributed by atoms with Crippen molar-refractivity contribution in [2.75, 3.05) is 33.4 Å². The van der Waals surface area contributed by atoms with Gasteiger partial charge in [-0.3, -0.25) is 9.59 Å². The average Bonchev–Trinajstić information content (AvgIpc) is 2.85. The monoisotopic (exact) mass is 520 g/mol. The van der Waals surface area contributed by atoms with Crippen molar-refractivity contribution in [3.63, 3.8) is 0 Å². The molecule has 1 amide bonds. The van der Waals surface area contributed by atoms with E-state index >= 15 is 0 Å². The van der Waals surface area contributed by atoms with Crippen LogP contribution in [0.3, 0.4) is 0 Å². The van der Waals surface area contributed by atoms with Crippen LogP contribution in [0.25, 0.3) is 0 Å². The lowest BCUT2D eigenvalue weighted by molar-refractivity contribution is -0.170. The fraction of sp³-hybridized carbons (Fsp3) is 0.500.